The average molecular weight is 303 g/mol. The number of carbonyl (C=O) groups excluding carboxylic acids is 1. The van der Waals surface area contributed by atoms with Crippen molar-refractivity contribution in [3.05, 3.63) is 41.5 Å². The van der Waals surface area contributed by atoms with E-state index in [1.165, 1.54) is 12.1 Å². The maximum absolute atomic E-state index is 13.7. The summed E-state index contributed by atoms with van der Waals surface area (Å²) in [4.78, 5) is 16.4. The van der Waals surface area contributed by atoms with Gasteiger partial charge >= 0.3 is 0 Å². The zero-order valence-electron chi connectivity index (χ0n) is 12.7. The third-order valence-electron chi connectivity index (χ3n) is 3.75. The van der Waals surface area contributed by atoms with Gasteiger partial charge in [-0.1, -0.05) is 12.1 Å². The van der Waals surface area contributed by atoms with E-state index in [-0.39, 0.29) is 17.4 Å². The maximum atomic E-state index is 13.7. The number of fused-ring (bicyclic) bond motifs is 1. The van der Waals surface area contributed by atoms with Crippen molar-refractivity contribution in [2.75, 3.05) is 29.4 Å². The van der Waals surface area contributed by atoms with E-state index >= 15 is 0 Å². The maximum Gasteiger partial charge on any atom is 0.280 e. The SMILES string of the molecule is CCCN1CCN(C(=O)c2cc(C)on2)c2cc(F)ccc21. The van der Waals surface area contributed by atoms with Gasteiger partial charge < -0.3 is 14.3 Å². The van der Waals surface area contributed by atoms with Gasteiger partial charge in [-0.05, 0) is 31.5 Å². The molecule has 0 atom stereocenters. The van der Waals surface area contributed by atoms with Crippen LogP contribution in [0.25, 0.3) is 0 Å². The Morgan fingerprint density at radius 3 is 2.82 bits per heavy atom. The van der Waals surface area contributed by atoms with Crippen LogP contribution in [0.4, 0.5) is 15.8 Å². The molecule has 0 saturated heterocycles. The van der Waals surface area contributed by atoms with Gasteiger partial charge in [0.25, 0.3) is 5.91 Å². The fourth-order valence-electron chi connectivity index (χ4n) is 2.76. The van der Waals surface area contributed by atoms with Crippen LogP contribution >= 0.6 is 0 Å². The fraction of sp³-hybridized carbons (Fsp3) is 0.375. The molecule has 3 rings (SSSR count). The van der Waals surface area contributed by atoms with E-state index in [0.717, 1.165) is 25.2 Å². The van der Waals surface area contributed by atoms with Crippen LogP contribution in [0, 0.1) is 12.7 Å². The first kappa shape index (κ1) is 14.6. The van der Waals surface area contributed by atoms with E-state index < -0.39 is 0 Å². The highest BCUT2D eigenvalue weighted by atomic mass is 19.1. The van der Waals surface area contributed by atoms with Gasteiger partial charge in [0.15, 0.2) is 5.69 Å². The monoisotopic (exact) mass is 303 g/mol. The Hall–Kier alpha value is -2.37. The molecule has 1 aliphatic rings. The molecule has 0 fully saturated rings. The van der Waals surface area contributed by atoms with Crippen molar-refractivity contribution in [3.63, 3.8) is 0 Å². The number of aromatic nitrogens is 1. The molecule has 1 aromatic carbocycles. The normalized spacial score (nSPS) is 14.1. The molecule has 1 amide bonds. The summed E-state index contributed by atoms with van der Waals surface area (Å²) in [6.07, 6.45) is 0.993. The fourth-order valence-corrected chi connectivity index (χ4v) is 2.76. The third kappa shape index (κ3) is 2.56. The van der Waals surface area contributed by atoms with E-state index in [1.807, 2.05) is 0 Å². The molecule has 0 unspecified atom stereocenters. The molecule has 0 N–H and O–H groups in total. The first-order valence-electron chi connectivity index (χ1n) is 7.40. The summed E-state index contributed by atoms with van der Waals surface area (Å²) in [6.45, 7) is 5.93. The van der Waals surface area contributed by atoms with Crippen LogP contribution in [0.5, 0.6) is 0 Å². The molecule has 116 valence electrons. The number of hydrogen-bond acceptors (Lipinski definition) is 4. The van der Waals surface area contributed by atoms with E-state index in [4.69, 9.17) is 4.52 Å². The van der Waals surface area contributed by atoms with Crippen molar-refractivity contribution in [2.45, 2.75) is 20.3 Å². The molecule has 1 aliphatic heterocycles. The largest absolute Gasteiger partial charge is 0.368 e. The number of nitrogens with zero attached hydrogens (tertiary/aromatic N) is 3. The Balaban J connectivity index is 1.98. The van der Waals surface area contributed by atoms with Crippen molar-refractivity contribution in [1.82, 2.24) is 5.16 Å². The van der Waals surface area contributed by atoms with Crippen LogP contribution in [-0.2, 0) is 0 Å². The number of hydrogen-bond donors (Lipinski definition) is 0. The second kappa shape index (κ2) is 5.79. The smallest absolute Gasteiger partial charge is 0.280 e. The molecule has 0 bridgehead atoms. The molecule has 6 heteroatoms. The number of amides is 1. The molecule has 0 saturated carbocycles. The molecule has 5 nitrogen and oxygen atoms in total. The lowest BCUT2D eigenvalue weighted by atomic mass is 10.1. The van der Waals surface area contributed by atoms with Gasteiger partial charge in [-0.15, -0.1) is 0 Å². The molecular weight excluding hydrogens is 285 g/mol. The van der Waals surface area contributed by atoms with Gasteiger partial charge in [0, 0.05) is 25.7 Å². The summed E-state index contributed by atoms with van der Waals surface area (Å²) in [7, 11) is 0. The van der Waals surface area contributed by atoms with Gasteiger partial charge in [-0.2, -0.15) is 0 Å². The van der Waals surface area contributed by atoms with E-state index in [1.54, 1.807) is 24.0 Å². The number of carbonyl (C=O) groups is 1. The van der Waals surface area contributed by atoms with Gasteiger partial charge in [0.05, 0.1) is 11.4 Å². The number of aryl methyl sites for hydroxylation is 1. The topological polar surface area (TPSA) is 49.6 Å². The lowest BCUT2D eigenvalue weighted by Gasteiger charge is -2.37. The summed E-state index contributed by atoms with van der Waals surface area (Å²) in [5, 5.41) is 3.77. The average Bonchev–Trinajstić information content (AvgIpc) is 2.93. The van der Waals surface area contributed by atoms with Crippen LogP contribution in [0.1, 0.15) is 29.6 Å². The molecule has 22 heavy (non-hydrogen) atoms. The summed E-state index contributed by atoms with van der Waals surface area (Å²) in [5.74, 6) is -0.0430. The Bertz CT molecular complexity index is 698. The third-order valence-corrected chi connectivity index (χ3v) is 3.75. The van der Waals surface area contributed by atoms with Gasteiger partial charge in [0.2, 0.25) is 0 Å². The lowest BCUT2D eigenvalue weighted by Crippen LogP contribution is -2.44. The van der Waals surface area contributed by atoms with Crippen LogP contribution in [0.15, 0.2) is 28.8 Å². The van der Waals surface area contributed by atoms with E-state index in [9.17, 15) is 9.18 Å². The van der Waals surface area contributed by atoms with Crippen molar-refractivity contribution >= 4 is 17.3 Å². The number of halogens is 1. The first-order chi connectivity index (χ1) is 10.6. The summed E-state index contributed by atoms with van der Waals surface area (Å²) in [6, 6.07) is 6.16. The zero-order chi connectivity index (χ0) is 15.7. The highest BCUT2D eigenvalue weighted by molar-refractivity contribution is 6.07. The van der Waals surface area contributed by atoms with Gasteiger partial charge in [-0.25, -0.2) is 4.39 Å². The molecule has 2 heterocycles. The predicted molar refractivity (Wildman–Crippen MR) is 81.8 cm³/mol. The van der Waals surface area contributed by atoms with Crippen LogP contribution < -0.4 is 9.80 Å². The Labute approximate surface area is 128 Å². The Morgan fingerprint density at radius 2 is 2.14 bits per heavy atom. The van der Waals surface area contributed by atoms with Crippen molar-refractivity contribution in [2.24, 2.45) is 0 Å². The molecule has 2 aromatic rings. The summed E-state index contributed by atoms with van der Waals surface area (Å²) >= 11 is 0. The molecule has 0 aliphatic carbocycles. The van der Waals surface area contributed by atoms with Crippen LogP contribution in [-0.4, -0.2) is 30.7 Å². The quantitative estimate of drug-likeness (QED) is 0.874. The highest BCUT2D eigenvalue weighted by Gasteiger charge is 2.29. The lowest BCUT2D eigenvalue weighted by molar-refractivity contribution is 0.0978. The summed E-state index contributed by atoms with van der Waals surface area (Å²) < 4.78 is 18.6. The number of rotatable bonds is 3. The second-order valence-electron chi connectivity index (χ2n) is 5.40. The molecule has 0 spiro atoms. The van der Waals surface area contributed by atoms with Gasteiger partial charge in [0.1, 0.15) is 11.6 Å². The molecular formula is C16H18FN3O2. The van der Waals surface area contributed by atoms with Crippen LogP contribution in [0.3, 0.4) is 0 Å². The zero-order valence-corrected chi connectivity index (χ0v) is 12.7. The standard InChI is InChI=1S/C16H18FN3O2/c1-3-6-19-7-8-20(15-10-12(17)4-5-14(15)19)16(21)13-9-11(2)22-18-13/h4-5,9-10H,3,6-8H2,1-2H3. The van der Waals surface area contributed by atoms with Crippen molar-refractivity contribution in [1.29, 1.82) is 0 Å². The number of anilines is 2. The minimum atomic E-state index is -0.355. The van der Waals surface area contributed by atoms with Crippen molar-refractivity contribution < 1.29 is 13.7 Å². The molecule has 0 radical (unpaired) electrons. The van der Waals surface area contributed by atoms with Crippen molar-refractivity contribution in [3.8, 4) is 0 Å². The van der Waals surface area contributed by atoms with E-state index in [2.05, 4.69) is 17.0 Å². The first-order valence-corrected chi connectivity index (χ1v) is 7.40. The Kier molecular flexibility index (Phi) is 3.83. The van der Waals surface area contributed by atoms with E-state index in [0.29, 0.717) is 18.0 Å². The second-order valence-corrected chi connectivity index (χ2v) is 5.40. The van der Waals surface area contributed by atoms with Crippen LogP contribution in [0.2, 0.25) is 0 Å². The molecule has 1 aromatic heterocycles. The van der Waals surface area contributed by atoms with Gasteiger partial charge in [-0.3, -0.25) is 4.79 Å². The number of benzene rings is 1. The minimum Gasteiger partial charge on any atom is -0.368 e. The summed E-state index contributed by atoms with van der Waals surface area (Å²) in [5.41, 5.74) is 1.71. The predicted octanol–water partition coefficient (Wildman–Crippen LogP) is 3.00. The highest BCUT2D eigenvalue weighted by Crippen LogP contribution is 2.34. The minimum absolute atomic E-state index is 0.247. The Morgan fingerprint density at radius 1 is 1.32 bits per heavy atom.